The maximum Gasteiger partial charge on any atom is 0.271 e. The van der Waals surface area contributed by atoms with Crippen LogP contribution in [0.25, 0.3) is 0 Å². The number of carbonyl (C=O) groups is 1. The zero-order chi connectivity index (χ0) is 13.2. The third-order valence-electron chi connectivity index (χ3n) is 1.91. The summed E-state index contributed by atoms with van der Waals surface area (Å²) in [5.74, 6) is -1.37. The van der Waals surface area contributed by atoms with Crippen LogP contribution in [0.1, 0.15) is 19.5 Å². The predicted molar refractivity (Wildman–Crippen MR) is 59.7 cm³/mol. The maximum absolute atomic E-state index is 11.5. The number of nitrogens with one attached hydrogen (secondary N) is 2. The summed E-state index contributed by atoms with van der Waals surface area (Å²) in [6, 6.07) is 0.649. The molecule has 0 aromatic carbocycles. The highest BCUT2D eigenvalue weighted by atomic mass is 16.5. The van der Waals surface area contributed by atoms with E-state index in [2.05, 4.69) is 5.32 Å². The Hall–Kier alpha value is -2.31. The molecule has 0 fully saturated rings. The molecule has 4 N–H and O–H groups in total. The van der Waals surface area contributed by atoms with Crippen LogP contribution in [0.5, 0.6) is 5.75 Å². The smallest absolute Gasteiger partial charge is 0.271 e. The summed E-state index contributed by atoms with van der Waals surface area (Å²) < 4.78 is 0.360. The van der Waals surface area contributed by atoms with E-state index in [-0.39, 0.29) is 11.7 Å². The maximum atomic E-state index is 11.5. The number of rotatable bonds is 3. The average Bonchev–Trinajstić information content (AvgIpc) is 2.21. The van der Waals surface area contributed by atoms with E-state index in [0.29, 0.717) is 4.73 Å². The summed E-state index contributed by atoms with van der Waals surface area (Å²) in [7, 11) is 0. The number of pyridine rings is 1. The largest absolute Gasteiger partial charge is 0.503 e. The lowest BCUT2D eigenvalue weighted by molar-refractivity contribution is -0.115. The molecule has 0 atom stereocenters. The van der Waals surface area contributed by atoms with Crippen LogP contribution >= 0.6 is 0 Å². The summed E-state index contributed by atoms with van der Waals surface area (Å²) in [5.41, 5.74) is -1.61. The van der Waals surface area contributed by atoms with E-state index in [9.17, 15) is 14.8 Å². The standard InChI is InChI=1S/C10H13N3O4/c1-5(2)12-10(16)9(11)6-3-7(14)8(15)4-13(6)17/h3-5,11,15,17H,1-2H3,(H,12,16). The molecule has 1 aromatic rings. The predicted octanol–water partition coefficient (Wildman–Crippen LogP) is -0.316. The van der Waals surface area contributed by atoms with E-state index in [1.54, 1.807) is 13.8 Å². The molecule has 0 saturated heterocycles. The first-order valence-corrected chi connectivity index (χ1v) is 4.87. The first-order valence-electron chi connectivity index (χ1n) is 4.87. The van der Waals surface area contributed by atoms with Gasteiger partial charge in [0.05, 0.1) is 6.20 Å². The summed E-state index contributed by atoms with van der Waals surface area (Å²) in [5, 5.41) is 28.4. The van der Waals surface area contributed by atoms with Crippen molar-refractivity contribution in [1.82, 2.24) is 10.0 Å². The van der Waals surface area contributed by atoms with E-state index in [1.807, 2.05) is 0 Å². The van der Waals surface area contributed by atoms with Gasteiger partial charge in [0.25, 0.3) is 5.91 Å². The fraction of sp³-hybridized carbons (Fsp3) is 0.300. The van der Waals surface area contributed by atoms with Crippen LogP contribution in [0.2, 0.25) is 0 Å². The highest BCUT2D eigenvalue weighted by molar-refractivity contribution is 6.43. The van der Waals surface area contributed by atoms with Crippen molar-refractivity contribution in [3.05, 3.63) is 28.2 Å². The number of carbonyl (C=O) groups excluding carboxylic acids is 1. The average molecular weight is 239 g/mol. The van der Waals surface area contributed by atoms with Gasteiger partial charge in [0.2, 0.25) is 5.43 Å². The molecule has 1 heterocycles. The van der Waals surface area contributed by atoms with Crippen molar-refractivity contribution >= 4 is 11.6 Å². The van der Waals surface area contributed by atoms with E-state index in [0.717, 1.165) is 12.3 Å². The van der Waals surface area contributed by atoms with Gasteiger partial charge < -0.3 is 15.6 Å². The topological polar surface area (TPSA) is 115 Å². The molecule has 1 aromatic heterocycles. The van der Waals surface area contributed by atoms with Crippen LogP contribution in [-0.4, -0.2) is 32.7 Å². The lowest BCUT2D eigenvalue weighted by Gasteiger charge is -2.11. The molecule has 0 aliphatic rings. The van der Waals surface area contributed by atoms with Crippen molar-refractivity contribution in [1.29, 1.82) is 5.41 Å². The van der Waals surface area contributed by atoms with Gasteiger partial charge in [-0.1, -0.05) is 0 Å². The molecule has 7 heteroatoms. The first-order chi connectivity index (χ1) is 7.82. The second-order valence-corrected chi connectivity index (χ2v) is 3.76. The third-order valence-corrected chi connectivity index (χ3v) is 1.91. The molecule has 0 bridgehead atoms. The van der Waals surface area contributed by atoms with Gasteiger partial charge in [0, 0.05) is 12.1 Å². The van der Waals surface area contributed by atoms with Crippen molar-refractivity contribution < 1.29 is 15.1 Å². The summed E-state index contributed by atoms with van der Waals surface area (Å²) in [6.07, 6.45) is 0.731. The normalized spacial score (nSPS) is 10.3. The second kappa shape index (κ2) is 4.69. The van der Waals surface area contributed by atoms with Gasteiger partial charge in [-0.15, -0.1) is 0 Å². The molecule has 0 aliphatic carbocycles. The summed E-state index contributed by atoms with van der Waals surface area (Å²) >= 11 is 0. The highest BCUT2D eigenvalue weighted by Gasteiger charge is 2.17. The van der Waals surface area contributed by atoms with Crippen LogP contribution < -0.4 is 10.7 Å². The fourth-order valence-corrected chi connectivity index (χ4v) is 1.15. The summed E-state index contributed by atoms with van der Waals surface area (Å²) in [4.78, 5) is 22.6. The van der Waals surface area contributed by atoms with Crippen LogP contribution in [0, 0.1) is 5.41 Å². The Morgan fingerprint density at radius 1 is 1.53 bits per heavy atom. The molecule has 0 spiro atoms. The number of amides is 1. The minimum atomic E-state index is -0.771. The summed E-state index contributed by atoms with van der Waals surface area (Å²) in [6.45, 7) is 3.43. The monoisotopic (exact) mass is 239 g/mol. The Kier molecular flexibility index (Phi) is 3.52. The Balaban J connectivity index is 3.09. The molecule has 7 nitrogen and oxygen atoms in total. The number of hydrogen-bond donors (Lipinski definition) is 4. The van der Waals surface area contributed by atoms with Crippen molar-refractivity contribution in [3.63, 3.8) is 0 Å². The Labute approximate surface area is 96.8 Å². The number of hydrogen-bond acceptors (Lipinski definition) is 5. The SMILES string of the molecule is CC(C)NC(=O)C(=N)c1cc(=O)c(O)cn1O. The van der Waals surface area contributed by atoms with Gasteiger partial charge >= 0.3 is 0 Å². The van der Waals surface area contributed by atoms with Gasteiger partial charge in [0.15, 0.2) is 5.75 Å². The Bertz CT molecular complexity index is 519. The zero-order valence-corrected chi connectivity index (χ0v) is 9.39. The molecule has 17 heavy (non-hydrogen) atoms. The first kappa shape index (κ1) is 12.8. The van der Waals surface area contributed by atoms with Crippen LogP contribution in [-0.2, 0) is 4.79 Å². The van der Waals surface area contributed by atoms with E-state index >= 15 is 0 Å². The number of nitrogens with zero attached hydrogens (tertiary/aromatic N) is 1. The van der Waals surface area contributed by atoms with Gasteiger partial charge in [-0.3, -0.25) is 15.0 Å². The Morgan fingerprint density at radius 2 is 2.12 bits per heavy atom. The van der Waals surface area contributed by atoms with Crippen molar-refractivity contribution in [2.45, 2.75) is 19.9 Å². The number of aromatic hydroxyl groups is 1. The van der Waals surface area contributed by atoms with Gasteiger partial charge in [-0.2, -0.15) is 4.73 Å². The van der Waals surface area contributed by atoms with E-state index in [1.165, 1.54) is 0 Å². The molecule has 0 unspecified atom stereocenters. The van der Waals surface area contributed by atoms with E-state index in [4.69, 9.17) is 10.5 Å². The van der Waals surface area contributed by atoms with Crippen molar-refractivity contribution in [2.75, 3.05) is 0 Å². The second-order valence-electron chi connectivity index (χ2n) is 3.76. The van der Waals surface area contributed by atoms with Gasteiger partial charge in [-0.05, 0) is 13.8 Å². The molecule has 1 amide bonds. The zero-order valence-electron chi connectivity index (χ0n) is 9.39. The Morgan fingerprint density at radius 3 is 2.65 bits per heavy atom. The van der Waals surface area contributed by atoms with Gasteiger partial charge in [-0.25, -0.2) is 0 Å². The fourth-order valence-electron chi connectivity index (χ4n) is 1.15. The minimum Gasteiger partial charge on any atom is -0.503 e. The third kappa shape index (κ3) is 2.83. The van der Waals surface area contributed by atoms with Crippen LogP contribution in [0.4, 0.5) is 0 Å². The molecule has 0 saturated carbocycles. The quantitative estimate of drug-likeness (QED) is 0.427. The number of aromatic nitrogens is 1. The lowest BCUT2D eigenvalue weighted by atomic mass is 10.2. The van der Waals surface area contributed by atoms with Crippen LogP contribution in [0.3, 0.4) is 0 Å². The minimum absolute atomic E-state index is 0.168. The van der Waals surface area contributed by atoms with Gasteiger partial charge in [0.1, 0.15) is 11.4 Å². The van der Waals surface area contributed by atoms with Crippen molar-refractivity contribution in [3.8, 4) is 5.75 Å². The highest BCUT2D eigenvalue weighted by Crippen LogP contribution is 2.03. The molecule has 92 valence electrons. The molecule has 0 radical (unpaired) electrons. The van der Waals surface area contributed by atoms with Crippen LogP contribution in [0.15, 0.2) is 17.1 Å². The lowest BCUT2D eigenvalue weighted by Crippen LogP contribution is -2.37. The van der Waals surface area contributed by atoms with E-state index < -0.39 is 22.8 Å². The molecular formula is C10H13N3O4. The molecular weight excluding hydrogens is 226 g/mol. The molecule has 1 rings (SSSR count). The van der Waals surface area contributed by atoms with Crippen molar-refractivity contribution in [2.24, 2.45) is 0 Å². The molecule has 0 aliphatic heterocycles.